The van der Waals surface area contributed by atoms with E-state index in [0.29, 0.717) is 11.8 Å². The SMILES string of the molecule is COc1nc(N2CCCC(Cl)C2)ncc1Br. The van der Waals surface area contributed by atoms with Crippen LogP contribution in [-0.2, 0) is 0 Å². The fourth-order valence-electron chi connectivity index (χ4n) is 1.75. The van der Waals surface area contributed by atoms with Crippen LogP contribution in [0.25, 0.3) is 0 Å². The zero-order valence-corrected chi connectivity index (χ0v) is 11.3. The van der Waals surface area contributed by atoms with Gasteiger partial charge in [-0.2, -0.15) is 4.98 Å². The van der Waals surface area contributed by atoms with Crippen LogP contribution in [0.4, 0.5) is 5.95 Å². The Morgan fingerprint density at radius 1 is 1.62 bits per heavy atom. The molecule has 1 aliphatic heterocycles. The number of aromatic nitrogens is 2. The van der Waals surface area contributed by atoms with Crippen molar-refractivity contribution >= 4 is 33.5 Å². The maximum absolute atomic E-state index is 6.13. The van der Waals surface area contributed by atoms with Gasteiger partial charge in [0.25, 0.3) is 0 Å². The molecular formula is C10H13BrClN3O. The van der Waals surface area contributed by atoms with Gasteiger partial charge in [-0.1, -0.05) is 0 Å². The Labute approximate surface area is 108 Å². The Morgan fingerprint density at radius 3 is 3.12 bits per heavy atom. The van der Waals surface area contributed by atoms with Gasteiger partial charge in [-0.15, -0.1) is 11.6 Å². The van der Waals surface area contributed by atoms with Crippen molar-refractivity contribution in [3.05, 3.63) is 10.7 Å². The van der Waals surface area contributed by atoms with Crippen molar-refractivity contribution < 1.29 is 4.74 Å². The van der Waals surface area contributed by atoms with Crippen LogP contribution in [0, 0.1) is 0 Å². The van der Waals surface area contributed by atoms with Crippen LogP contribution >= 0.6 is 27.5 Å². The minimum absolute atomic E-state index is 0.187. The molecule has 2 heterocycles. The second-order valence-corrected chi connectivity index (χ2v) is 5.18. The summed E-state index contributed by atoms with van der Waals surface area (Å²) in [6, 6.07) is 0. The third-order valence-electron chi connectivity index (χ3n) is 2.54. The van der Waals surface area contributed by atoms with Crippen molar-refractivity contribution in [2.45, 2.75) is 18.2 Å². The van der Waals surface area contributed by atoms with Gasteiger partial charge in [0, 0.05) is 13.1 Å². The number of methoxy groups -OCH3 is 1. The molecule has 1 aromatic heterocycles. The summed E-state index contributed by atoms with van der Waals surface area (Å²) in [6.45, 7) is 1.75. The molecule has 1 fully saturated rings. The Morgan fingerprint density at radius 2 is 2.44 bits per heavy atom. The van der Waals surface area contributed by atoms with E-state index in [-0.39, 0.29) is 5.38 Å². The predicted octanol–water partition coefficient (Wildman–Crippen LogP) is 2.46. The van der Waals surface area contributed by atoms with Crippen molar-refractivity contribution in [3.63, 3.8) is 0 Å². The maximum Gasteiger partial charge on any atom is 0.232 e. The van der Waals surface area contributed by atoms with E-state index in [1.165, 1.54) is 0 Å². The summed E-state index contributed by atoms with van der Waals surface area (Å²) in [5.41, 5.74) is 0. The lowest BCUT2D eigenvalue weighted by Gasteiger charge is -2.29. The van der Waals surface area contributed by atoms with E-state index in [0.717, 1.165) is 30.4 Å². The first-order chi connectivity index (χ1) is 7.70. The molecule has 1 aromatic rings. The monoisotopic (exact) mass is 305 g/mol. The number of hydrogen-bond acceptors (Lipinski definition) is 4. The lowest BCUT2D eigenvalue weighted by atomic mass is 10.1. The molecule has 0 aliphatic carbocycles. The van der Waals surface area contributed by atoms with E-state index >= 15 is 0 Å². The van der Waals surface area contributed by atoms with Crippen molar-refractivity contribution in [3.8, 4) is 5.88 Å². The molecule has 2 rings (SSSR count). The van der Waals surface area contributed by atoms with Crippen LogP contribution in [0.2, 0.25) is 0 Å². The van der Waals surface area contributed by atoms with Crippen LogP contribution in [0.5, 0.6) is 5.88 Å². The molecule has 0 bridgehead atoms. The molecule has 0 N–H and O–H groups in total. The lowest BCUT2D eigenvalue weighted by Crippen LogP contribution is -2.37. The minimum atomic E-state index is 0.187. The fourth-order valence-corrected chi connectivity index (χ4v) is 2.42. The summed E-state index contributed by atoms with van der Waals surface area (Å²) in [5, 5.41) is 0.187. The summed E-state index contributed by atoms with van der Waals surface area (Å²) in [6.07, 6.45) is 3.85. The van der Waals surface area contributed by atoms with E-state index in [4.69, 9.17) is 16.3 Å². The zero-order chi connectivity index (χ0) is 11.5. The molecule has 1 saturated heterocycles. The van der Waals surface area contributed by atoms with Gasteiger partial charge in [0.1, 0.15) is 0 Å². The average Bonchev–Trinajstić information content (AvgIpc) is 2.29. The summed E-state index contributed by atoms with van der Waals surface area (Å²) in [7, 11) is 1.59. The number of rotatable bonds is 2. The number of alkyl halides is 1. The van der Waals surface area contributed by atoms with E-state index < -0.39 is 0 Å². The highest BCUT2D eigenvalue weighted by molar-refractivity contribution is 9.10. The normalized spacial score (nSPS) is 20.9. The summed E-state index contributed by atoms with van der Waals surface area (Å²) in [5.74, 6) is 1.24. The first kappa shape index (κ1) is 11.9. The zero-order valence-electron chi connectivity index (χ0n) is 8.99. The molecule has 1 aliphatic rings. The lowest BCUT2D eigenvalue weighted by molar-refractivity contribution is 0.393. The van der Waals surface area contributed by atoms with Gasteiger partial charge < -0.3 is 9.64 Å². The first-order valence-corrected chi connectivity index (χ1v) is 6.39. The van der Waals surface area contributed by atoms with Crippen LogP contribution in [-0.4, -0.2) is 35.5 Å². The highest BCUT2D eigenvalue weighted by Crippen LogP contribution is 2.25. The third-order valence-corrected chi connectivity index (χ3v) is 3.44. The number of hydrogen-bond donors (Lipinski definition) is 0. The molecule has 0 saturated carbocycles. The molecular weight excluding hydrogens is 293 g/mol. The Balaban J connectivity index is 2.19. The van der Waals surface area contributed by atoms with Crippen molar-refractivity contribution in [2.75, 3.05) is 25.1 Å². The van der Waals surface area contributed by atoms with Gasteiger partial charge >= 0.3 is 0 Å². The number of halogens is 2. The Kier molecular flexibility index (Phi) is 3.86. The van der Waals surface area contributed by atoms with Gasteiger partial charge in [-0.3, -0.25) is 0 Å². The predicted molar refractivity (Wildman–Crippen MR) is 67.4 cm³/mol. The van der Waals surface area contributed by atoms with E-state index in [2.05, 4.69) is 30.8 Å². The second kappa shape index (κ2) is 5.19. The van der Waals surface area contributed by atoms with E-state index in [9.17, 15) is 0 Å². The Bertz CT molecular complexity index is 377. The van der Waals surface area contributed by atoms with Gasteiger partial charge in [-0.25, -0.2) is 4.98 Å². The maximum atomic E-state index is 6.13. The number of ether oxygens (including phenoxy) is 1. The summed E-state index contributed by atoms with van der Waals surface area (Å²) < 4.78 is 5.91. The topological polar surface area (TPSA) is 38.2 Å². The van der Waals surface area contributed by atoms with Crippen molar-refractivity contribution in [2.24, 2.45) is 0 Å². The van der Waals surface area contributed by atoms with Gasteiger partial charge in [0.05, 0.1) is 23.2 Å². The molecule has 16 heavy (non-hydrogen) atoms. The molecule has 0 spiro atoms. The smallest absolute Gasteiger partial charge is 0.232 e. The molecule has 4 nitrogen and oxygen atoms in total. The molecule has 0 amide bonds. The molecule has 0 radical (unpaired) electrons. The molecule has 88 valence electrons. The van der Waals surface area contributed by atoms with E-state index in [1.807, 2.05) is 0 Å². The number of anilines is 1. The fraction of sp³-hybridized carbons (Fsp3) is 0.600. The van der Waals surface area contributed by atoms with E-state index in [1.54, 1.807) is 13.3 Å². The quantitative estimate of drug-likeness (QED) is 0.787. The molecule has 6 heteroatoms. The molecule has 1 unspecified atom stereocenters. The summed E-state index contributed by atoms with van der Waals surface area (Å²) in [4.78, 5) is 10.7. The molecule has 0 aromatic carbocycles. The van der Waals surface area contributed by atoms with Crippen LogP contribution in [0.15, 0.2) is 10.7 Å². The van der Waals surface area contributed by atoms with Gasteiger partial charge in [0.2, 0.25) is 11.8 Å². The molecule has 1 atom stereocenters. The largest absolute Gasteiger partial charge is 0.480 e. The third kappa shape index (κ3) is 2.58. The number of piperidine rings is 1. The first-order valence-electron chi connectivity index (χ1n) is 5.16. The van der Waals surface area contributed by atoms with Crippen LogP contribution in [0.1, 0.15) is 12.8 Å². The van der Waals surface area contributed by atoms with Crippen LogP contribution < -0.4 is 9.64 Å². The standard InChI is InChI=1S/C10H13BrClN3O/c1-16-9-8(11)5-13-10(14-9)15-4-2-3-7(12)6-15/h5,7H,2-4,6H2,1H3. The van der Waals surface area contributed by atoms with Gasteiger partial charge in [-0.05, 0) is 28.8 Å². The highest BCUT2D eigenvalue weighted by atomic mass is 79.9. The highest BCUT2D eigenvalue weighted by Gasteiger charge is 2.20. The summed E-state index contributed by atoms with van der Waals surface area (Å²) >= 11 is 9.46. The van der Waals surface area contributed by atoms with Crippen LogP contribution in [0.3, 0.4) is 0 Å². The number of nitrogens with zero attached hydrogens (tertiary/aromatic N) is 3. The van der Waals surface area contributed by atoms with Crippen molar-refractivity contribution in [1.82, 2.24) is 9.97 Å². The van der Waals surface area contributed by atoms with Gasteiger partial charge in [0.15, 0.2) is 0 Å². The Hall–Kier alpha value is -0.550. The second-order valence-electron chi connectivity index (χ2n) is 3.71. The van der Waals surface area contributed by atoms with Crippen molar-refractivity contribution in [1.29, 1.82) is 0 Å². The average molecular weight is 307 g/mol. The minimum Gasteiger partial charge on any atom is -0.480 e.